The van der Waals surface area contributed by atoms with Crippen molar-refractivity contribution in [3.8, 4) is 22.3 Å². The third kappa shape index (κ3) is 7.03. The fourth-order valence-electron chi connectivity index (χ4n) is 14.2. The number of para-hydroxylation sites is 5. The zero-order valence-corrected chi connectivity index (χ0v) is 47.4. The van der Waals surface area contributed by atoms with Crippen molar-refractivity contribution in [2.45, 2.75) is 64.7 Å². The first-order chi connectivity index (χ1) is 39.9. The van der Waals surface area contributed by atoms with Gasteiger partial charge in [0, 0.05) is 55.3 Å². The van der Waals surface area contributed by atoms with Crippen molar-refractivity contribution in [3.05, 3.63) is 282 Å². The van der Waals surface area contributed by atoms with Gasteiger partial charge in [-0.25, -0.2) is 0 Å². The number of hydrogen-bond acceptors (Lipinski definition) is 4. The maximum Gasteiger partial charge on any atom is 0.159 e. The molecule has 0 fully saturated rings. The van der Waals surface area contributed by atoms with Crippen LogP contribution in [0.5, 0.6) is 0 Å². The van der Waals surface area contributed by atoms with Crippen LogP contribution < -0.4 is 9.80 Å². The predicted molar refractivity (Wildman–Crippen MR) is 346 cm³/mol. The van der Waals surface area contributed by atoms with Crippen LogP contribution >= 0.6 is 0 Å². The molecule has 0 bridgehead atoms. The monoisotopic (exact) mass is 1060 g/mol. The van der Waals surface area contributed by atoms with E-state index in [-0.39, 0.29) is 10.8 Å². The third-order valence-electron chi connectivity index (χ3n) is 17.6. The van der Waals surface area contributed by atoms with Gasteiger partial charge in [0.25, 0.3) is 0 Å². The van der Waals surface area contributed by atoms with Gasteiger partial charge in [-0.1, -0.05) is 236 Å². The summed E-state index contributed by atoms with van der Waals surface area (Å²) in [4.78, 5) is 4.81. The van der Waals surface area contributed by atoms with Crippen LogP contribution in [0.4, 0.5) is 28.4 Å². The van der Waals surface area contributed by atoms with E-state index in [2.05, 4.69) is 295 Å². The van der Waals surface area contributed by atoms with Crippen LogP contribution in [0.25, 0.3) is 88.5 Å². The highest BCUT2D eigenvalue weighted by Gasteiger charge is 2.53. The van der Waals surface area contributed by atoms with Gasteiger partial charge >= 0.3 is 0 Å². The molecule has 396 valence electrons. The van der Waals surface area contributed by atoms with Crippen molar-refractivity contribution < 1.29 is 8.83 Å². The summed E-state index contributed by atoms with van der Waals surface area (Å²) in [5, 5.41) is 7.98. The summed E-state index contributed by atoms with van der Waals surface area (Å²) < 4.78 is 14.4. The second-order valence-corrected chi connectivity index (χ2v) is 24.3. The molecule has 13 aromatic rings. The third-order valence-corrected chi connectivity index (χ3v) is 17.6. The Labute approximate surface area is 479 Å². The van der Waals surface area contributed by atoms with Crippen LogP contribution in [0.3, 0.4) is 0 Å². The van der Waals surface area contributed by atoms with Crippen LogP contribution in [0.2, 0.25) is 0 Å². The van der Waals surface area contributed by atoms with E-state index >= 15 is 0 Å². The minimum Gasteiger partial charge on any atom is -0.454 e. The lowest BCUT2D eigenvalue weighted by atomic mass is 9.69. The van der Waals surface area contributed by atoms with Gasteiger partial charge in [0.05, 0.1) is 22.5 Å². The first kappa shape index (κ1) is 49.4. The van der Waals surface area contributed by atoms with Gasteiger partial charge in [0.1, 0.15) is 11.2 Å². The molecular formula is C78H62N2O2. The summed E-state index contributed by atoms with van der Waals surface area (Å²) >= 11 is 0. The lowest BCUT2D eigenvalue weighted by molar-refractivity contribution is 0.551. The molecule has 2 aliphatic carbocycles. The van der Waals surface area contributed by atoms with E-state index in [1.54, 1.807) is 0 Å². The molecule has 1 spiro atoms. The van der Waals surface area contributed by atoms with E-state index in [9.17, 15) is 0 Å². The van der Waals surface area contributed by atoms with Gasteiger partial charge in [-0.3, -0.25) is 0 Å². The van der Waals surface area contributed by atoms with Crippen molar-refractivity contribution in [3.63, 3.8) is 0 Å². The van der Waals surface area contributed by atoms with Crippen LogP contribution in [0.15, 0.2) is 246 Å². The van der Waals surface area contributed by atoms with Crippen molar-refractivity contribution in [2.24, 2.45) is 0 Å². The Bertz CT molecular complexity index is 4760. The van der Waals surface area contributed by atoms with E-state index in [0.29, 0.717) is 0 Å². The number of furan rings is 2. The summed E-state index contributed by atoms with van der Waals surface area (Å²) in [5.41, 5.74) is 21.3. The summed E-state index contributed by atoms with van der Waals surface area (Å²) in [6, 6.07) is 82.9. The minimum atomic E-state index is -0.701. The maximum absolute atomic E-state index is 7.26. The maximum atomic E-state index is 7.26. The van der Waals surface area contributed by atoms with Crippen molar-refractivity contribution in [2.75, 3.05) is 9.80 Å². The molecular weight excluding hydrogens is 997 g/mol. The van der Waals surface area contributed by atoms with E-state index in [1.807, 2.05) is 6.08 Å². The zero-order chi connectivity index (χ0) is 55.8. The Morgan fingerprint density at radius 2 is 1.00 bits per heavy atom. The van der Waals surface area contributed by atoms with Crippen molar-refractivity contribution in [1.82, 2.24) is 0 Å². The number of fused-ring (bicyclic) bond motifs is 18. The molecule has 15 rings (SSSR count). The number of anilines is 5. The van der Waals surface area contributed by atoms with E-state index in [0.717, 1.165) is 94.7 Å². The number of benzene rings is 11. The number of rotatable bonds is 8. The molecule has 2 aliphatic rings. The molecule has 0 saturated heterocycles. The van der Waals surface area contributed by atoms with Crippen LogP contribution in [-0.4, -0.2) is 0 Å². The first-order valence-electron chi connectivity index (χ1n) is 28.7. The average molecular weight is 1060 g/mol. The average Bonchev–Trinajstić information content (AvgIpc) is 2.71. The van der Waals surface area contributed by atoms with Gasteiger partial charge in [0.2, 0.25) is 0 Å². The molecule has 82 heavy (non-hydrogen) atoms. The predicted octanol–water partition coefficient (Wildman–Crippen LogP) is 21.9. The van der Waals surface area contributed by atoms with Crippen LogP contribution in [0.1, 0.15) is 93.2 Å². The molecule has 0 radical (unpaired) electrons. The Balaban J connectivity index is 1.00. The molecule has 0 unspecified atom stereocenters. The van der Waals surface area contributed by atoms with E-state index < -0.39 is 5.41 Å². The van der Waals surface area contributed by atoms with Gasteiger partial charge in [-0.2, -0.15) is 0 Å². The van der Waals surface area contributed by atoms with E-state index in [4.69, 9.17) is 8.83 Å². The lowest BCUT2D eigenvalue weighted by Crippen LogP contribution is -2.27. The normalized spacial score (nSPS) is 13.5. The SMILES string of the molecule is C=Cc1c(/C(=C\C)N(c2ccccc2)c2cc3c(c4ccccc24)-c2ccc4cc(N(c5ccccc5)c5cccc6c5oc5c(C(C)(C)C)cccc56)ccc4c2C32c3ccccc3-c3ccccc32)oc2c(C(C)(C)C)cccc12. The summed E-state index contributed by atoms with van der Waals surface area (Å²) in [5.74, 6) is 0.782. The summed E-state index contributed by atoms with van der Waals surface area (Å²) in [7, 11) is 0. The molecule has 11 aromatic carbocycles. The fraction of sp³-hybridized carbons (Fsp3) is 0.128. The largest absolute Gasteiger partial charge is 0.454 e. The topological polar surface area (TPSA) is 32.8 Å². The first-order valence-corrected chi connectivity index (χ1v) is 28.7. The second-order valence-electron chi connectivity index (χ2n) is 24.3. The minimum absolute atomic E-state index is 0.102. The Hall–Kier alpha value is -9.64. The van der Waals surface area contributed by atoms with Gasteiger partial charge in [-0.05, 0) is 127 Å². The van der Waals surface area contributed by atoms with Gasteiger partial charge in [-0.15, -0.1) is 0 Å². The molecule has 0 atom stereocenters. The molecule has 0 aliphatic heterocycles. The molecule has 0 saturated carbocycles. The highest BCUT2D eigenvalue weighted by molar-refractivity contribution is 6.17. The van der Waals surface area contributed by atoms with Crippen LogP contribution in [0, 0.1) is 0 Å². The Kier molecular flexibility index (Phi) is 11.0. The zero-order valence-electron chi connectivity index (χ0n) is 47.4. The Morgan fingerprint density at radius 1 is 0.439 bits per heavy atom. The molecule has 2 heterocycles. The Morgan fingerprint density at radius 3 is 1.65 bits per heavy atom. The van der Waals surface area contributed by atoms with Crippen molar-refractivity contribution >= 4 is 94.7 Å². The molecule has 0 amide bonds. The standard InChI is InChI=1S/C78H62N2O2/c1-9-52-58-34-23-39-64(76(3,4)5)72(58)81-74(52)67(10-2)80(50-28-15-12-16-29-50)69-47-66-70(57-33-18-17-32-56(57)69)61-44-42-48-46-51(43-45-53(48)71(61)78(66)62-37-21-19-30-54(62)55-31-20-22-38-63(55)78)79(49-26-13-11-14-27-49)68-41-25-36-60-59-35-24-40-65(77(6,7)8)73(59)82-75(60)68/h9-47H,1H2,2-8H3/b67-10+. The highest BCUT2D eigenvalue weighted by atomic mass is 16.3. The fourth-order valence-corrected chi connectivity index (χ4v) is 14.2. The smallest absolute Gasteiger partial charge is 0.159 e. The van der Waals surface area contributed by atoms with Crippen LogP contribution in [-0.2, 0) is 16.2 Å². The van der Waals surface area contributed by atoms with E-state index in [1.165, 1.54) is 60.8 Å². The number of nitrogens with zero attached hydrogens (tertiary/aromatic N) is 2. The second kappa shape index (κ2) is 18.2. The van der Waals surface area contributed by atoms with Gasteiger partial charge in [0.15, 0.2) is 11.3 Å². The molecule has 4 nitrogen and oxygen atoms in total. The molecule has 4 heteroatoms. The summed E-state index contributed by atoms with van der Waals surface area (Å²) in [6.45, 7) is 20.1. The van der Waals surface area contributed by atoms with Crippen molar-refractivity contribution in [1.29, 1.82) is 0 Å². The quantitative estimate of drug-likeness (QED) is 0.152. The molecule has 0 N–H and O–H groups in total. The summed E-state index contributed by atoms with van der Waals surface area (Å²) in [6.07, 6.45) is 4.18. The lowest BCUT2D eigenvalue weighted by Gasteiger charge is -2.34. The number of hydrogen-bond donors (Lipinski definition) is 0. The molecule has 2 aromatic heterocycles. The van der Waals surface area contributed by atoms with Gasteiger partial charge < -0.3 is 18.6 Å². The number of allylic oxidation sites excluding steroid dienone is 1. The highest BCUT2D eigenvalue weighted by Crippen LogP contribution is 2.66.